The summed E-state index contributed by atoms with van der Waals surface area (Å²) in [6.45, 7) is 6.34. The first kappa shape index (κ1) is 11.8. The van der Waals surface area contributed by atoms with Crippen LogP contribution >= 0.6 is 0 Å². The molecule has 0 unspecified atom stereocenters. The number of aromatic nitrogens is 2. The molecule has 0 fully saturated rings. The Labute approximate surface area is 91.3 Å². The third kappa shape index (κ3) is 3.38. The van der Waals surface area contributed by atoms with Crippen LogP contribution in [0.5, 0.6) is 0 Å². The minimum atomic E-state index is 0.462. The molecular weight excluding hydrogens is 188 g/mol. The van der Waals surface area contributed by atoms with Gasteiger partial charge in [-0.05, 0) is 12.8 Å². The molecule has 0 aliphatic carbocycles. The fraction of sp³-hybridized carbons (Fsp3) is 0.636. The molecule has 0 spiro atoms. The van der Waals surface area contributed by atoms with Gasteiger partial charge in [-0.1, -0.05) is 20.8 Å². The van der Waals surface area contributed by atoms with E-state index in [0.29, 0.717) is 11.9 Å². The zero-order chi connectivity index (χ0) is 11.3. The highest BCUT2D eigenvalue weighted by Crippen LogP contribution is 2.12. The van der Waals surface area contributed by atoms with Crippen molar-refractivity contribution >= 4 is 11.6 Å². The summed E-state index contributed by atoms with van der Waals surface area (Å²) in [4.78, 5) is 8.52. The number of nitrogens with one attached hydrogen (secondary N) is 1. The molecule has 4 nitrogen and oxygen atoms in total. The Bertz CT molecular complexity index is 307. The van der Waals surface area contributed by atoms with Gasteiger partial charge in [-0.25, -0.2) is 9.97 Å². The van der Waals surface area contributed by atoms with E-state index in [4.69, 9.17) is 5.73 Å². The lowest BCUT2D eigenvalue weighted by molar-refractivity contribution is 0.667. The Morgan fingerprint density at radius 3 is 2.47 bits per heavy atom. The molecule has 0 aliphatic rings. The van der Waals surface area contributed by atoms with Crippen molar-refractivity contribution in [2.45, 2.75) is 46.1 Å². The lowest BCUT2D eigenvalue weighted by Crippen LogP contribution is -2.18. The molecule has 3 N–H and O–H groups in total. The molecule has 84 valence electrons. The highest BCUT2D eigenvalue weighted by Gasteiger charge is 2.06. The van der Waals surface area contributed by atoms with Crippen LogP contribution in [0.1, 0.15) is 39.4 Å². The first-order valence-electron chi connectivity index (χ1n) is 5.59. The minimum absolute atomic E-state index is 0.462. The standard InChI is InChI=1S/C11H20N4/c1-4-8(5-2)13-11-7-9(12)14-10(6-3)15-11/h7-8H,4-6H2,1-3H3,(H3,12,13,14,15). The van der Waals surface area contributed by atoms with Gasteiger partial charge in [0.1, 0.15) is 17.5 Å². The first-order valence-corrected chi connectivity index (χ1v) is 5.59. The van der Waals surface area contributed by atoms with Crippen LogP contribution in [0.25, 0.3) is 0 Å². The average Bonchev–Trinajstić information content (AvgIpc) is 2.25. The van der Waals surface area contributed by atoms with E-state index in [9.17, 15) is 0 Å². The summed E-state index contributed by atoms with van der Waals surface area (Å²) in [6, 6.07) is 2.25. The van der Waals surface area contributed by atoms with E-state index < -0.39 is 0 Å². The molecule has 1 aromatic heterocycles. The van der Waals surface area contributed by atoms with Crippen molar-refractivity contribution in [3.63, 3.8) is 0 Å². The van der Waals surface area contributed by atoms with Crippen molar-refractivity contribution in [1.82, 2.24) is 9.97 Å². The zero-order valence-corrected chi connectivity index (χ0v) is 9.75. The lowest BCUT2D eigenvalue weighted by atomic mass is 10.2. The van der Waals surface area contributed by atoms with E-state index in [2.05, 4.69) is 29.1 Å². The fourth-order valence-electron chi connectivity index (χ4n) is 1.45. The van der Waals surface area contributed by atoms with Crippen molar-refractivity contribution in [3.8, 4) is 0 Å². The number of hydrogen-bond donors (Lipinski definition) is 2. The number of nitrogen functional groups attached to an aromatic ring is 1. The predicted molar refractivity (Wildman–Crippen MR) is 63.8 cm³/mol. The number of aryl methyl sites for hydroxylation is 1. The largest absolute Gasteiger partial charge is 0.384 e. The molecule has 0 amide bonds. The molecule has 0 radical (unpaired) electrons. The molecule has 0 saturated heterocycles. The van der Waals surface area contributed by atoms with Crippen LogP contribution in [-0.4, -0.2) is 16.0 Å². The van der Waals surface area contributed by atoms with Gasteiger partial charge in [-0.15, -0.1) is 0 Å². The van der Waals surface area contributed by atoms with Gasteiger partial charge in [0.15, 0.2) is 0 Å². The minimum Gasteiger partial charge on any atom is -0.384 e. The van der Waals surface area contributed by atoms with Crippen LogP contribution in [-0.2, 0) is 6.42 Å². The molecule has 0 atom stereocenters. The molecule has 0 saturated carbocycles. The topological polar surface area (TPSA) is 63.8 Å². The van der Waals surface area contributed by atoms with Crippen LogP contribution in [0.4, 0.5) is 11.6 Å². The van der Waals surface area contributed by atoms with E-state index in [1.54, 1.807) is 6.07 Å². The molecule has 4 heteroatoms. The molecule has 1 heterocycles. The smallest absolute Gasteiger partial charge is 0.132 e. The summed E-state index contributed by atoms with van der Waals surface area (Å²) in [5, 5.41) is 3.36. The van der Waals surface area contributed by atoms with E-state index in [1.807, 2.05) is 6.92 Å². The maximum absolute atomic E-state index is 5.70. The van der Waals surface area contributed by atoms with E-state index in [0.717, 1.165) is 30.9 Å². The quantitative estimate of drug-likeness (QED) is 0.778. The third-order valence-corrected chi connectivity index (χ3v) is 2.45. The van der Waals surface area contributed by atoms with Crippen molar-refractivity contribution in [3.05, 3.63) is 11.9 Å². The van der Waals surface area contributed by atoms with Crippen LogP contribution in [0.3, 0.4) is 0 Å². The normalized spacial score (nSPS) is 10.7. The summed E-state index contributed by atoms with van der Waals surface area (Å²) in [7, 11) is 0. The van der Waals surface area contributed by atoms with Gasteiger partial charge in [0.05, 0.1) is 0 Å². The highest BCUT2D eigenvalue weighted by molar-refractivity contribution is 5.45. The summed E-state index contributed by atoms with van der Waals surface area (Å²) in [5.41, 5.74) is 5.70. The number of anilines is 2. The second-order valence-electron chi connectivity index (χ2n) is 3.61. The summed E-state index contributed by atoms with van der Waals surface area (Å²) in [6.07, 6.45) is 2.98. The van der Waals surface area contributed by atoms with Gasteiger partial charge in [0.25, 0.3) is 0 Å². The summed E-state index contributed by atoms with van der Waals surface area (Å²) >= 11 is 0. The van der Waals surface area contributed by atoms with E-state index in [1.165, 1.54) is 0 Å². The Morgan fingerprint density at radius 1 is 1.27 bits per heavy atom. The van der Waals surface area contributed by atoms with Gasteiger partial charge in [-0.2, -0.15) is 0 Å². The monoisotopic (exact) mass is 208 g/mol. The maximum Gasteiger partial charge on any atom is 0.132 e. The van der Waals surface area contributed by atoms with Crippen LogP contribution in [0, 0.1) is 0 Å². The Kier molecular flexibility index (Phi) is 4.34. The lowest BCUT2D eigenvalue weighted by Gasteiger charge is -2.15. The second kappa shape index (κ2) is 5.53. The van der Waals surface area contributed by atoms with Gasteiger partial charge in [-0.3, -0.25) is 0 Å². The fourth-order valence-corrected chi connectivity index (χ4v) is 1.45. The predicted octanol–water partition coefficient (Wildman–Crippen LogP) is 2.22. The molecule has 1 rings (SSSR count). The molecule has 0 aromatic carbocycles. The molecule has 1 aromatic rings. The van der Waals surface area contributed by atoms with Gasteiger partial charge in [0.2, 0.25) is 0 Å². The van der Waals surface area contributed by atoms with Crippen LogP contribution in [0.2, 0.25) is 0 Å². The van der Waals surface area contributed by atoms with Crippen molar-refractivity contribution in [2.75, 3.05) is 11.1 Å². The molecule has 0 bridgehead atoms. The third-order valence-electron chi connectivity index (χ3n) is 2.45. The number of rotatable bonds is 5. The summed E-state index contributed by atoms with van der Waals surface area (Å²) in [5.74, 6) is 2.17. The summed E-state index contributed by atoms with van der Waals surface area (Å²) < 4.78 is 0. The molecule has 0 aliphatic heterocycles. The van der Waals surface area contributed by atoms with Gasteiger partial charge in [0, 0.05) is 18.5 Å². The van der Waals surface area contributed by atoms with E-state index >= 15 is 0 Å². The first-order chi connectivity index (χ1) is 7.19. The number of nitrogens with zero attached hydrogens (tertiary/aromatic N) is 2. The van der Waals surface area contributed by atoms with Crippen molar-refractivity contribution in [1.29, 1.82) is 0 Å². The maximum atomic E-state index is 5.70. The highest BCUT2D eigenvalue weighted by atomic mass is 15.1. The van der Waals surface area contributed by atoms with Crippen molar-refractivity contribution in [2.24, 2.45) is 0 Å². The van der Waals surface area contributed by atoms with Gasteiger partial charge >= 0.3 is 0 Å². The van der Waals surface area contributed by atoms with Crippen LogP contribution < -0.4 is 11.1 Å². The Balaban J connectivity index is 2.79. The van der Waals surface area contributed by atoms with E-state index in [-0.39, 0.29) is 0 Å². The number of hydrogen-bond acceptors (Lipinski definition) is 4. The Morgan fingerprint density at radius 2 is 1.93 bits per heavy atom. The van der Waals surface area contributed by atoms with Crippen molar-refractivity contribution < 1.29 is 0 Å². The zero-order valence-electron chi connectivity index (χ0n) is 9.75. The molecular formula is C11H20N4. The number of nitrogens with two attached hydrogens (primary N) is 1. The Hall–Kier alpha value is -1.32. The second-order valence-corrected chi connectivity index (χ2v) is 3.61. The van der Waals surface area contributed by atoms with Crippen LogP contribution in [0.15, 0.2) is 6.07 Å². The SMILES string of the molecule is CCc1nc(N)cc(NC(CC)CC)n1. The average molecular weight is 208 g/mol. The van der Waals surface area contributed by atoms with Gasteiger partial charge < -0.3 is 11.1 Å². The molecule has 15 heavy (non-hydrogen) atoms.